The van der Waals surface area contributed by atoms with E-state index in [0.717, 1.165) is 23.2 Å². The Morgan fingerprint density at radius 2 is 1.85 bits per heavy atom. The van der Waals surface area contributed by atoms with Crippen LogP contribution in [-0.2, 0) is 20.9 Å². The van der Waals surface area contributed by atoms with Crippen molar-refractivity contribution < 1.29 is 23.8 Å². The molecule has 0 bridgehead atoms. The SMILES string of the molecule is CC1=C(C(=O)OCc2ccccc2)[C@H](c2ccc3c(c2)OCO3)C2=C(CC(C)(C)CC2=O)N1. The number of hydrogen-bond acceptors (Lipinski definition) is 6. The van der Waals surface area contributed by atoms with E-state index in [1.807, 2.05) is 55.5 Å². The van der Waals surface area contributed by atoms with E-state index in [2.05, 4.69) is 19.2 Å². The van der Waals surface area contributed by atoms with E-state index in [-0.39, 0.29) is 24.6 Å². The molecular weight excluding hydrogens is 418 g/mol. The normalized spacial score (nSPS) is 20.9. The number of esters is 1. The van der Waals surface area contributed by atoms with Crippen molar-refractivity contribution in [2.45, 2.75) is 46.1 Å². The minimum atomic E-state index is -0.525. The predicted molar refractivity (Wildman–Crippen MR) is 122 cm³/mol. The van der Waals surface area contributed by atoms with Crippen LogP contribution in [0.5, 0.6) is 11.5 Å². The van der Waals surface area contributed by atoms with Crippen LogP contribution in [0.25, 0.3) is 0 Å². The second kappa shape index (κ2) is 8.10. The van der Waals surface area contributed by atoms with Crippen LogP contribution >= 0.6 is 0 Å². The molecule has 2 aliphatic heterocycles. The maximum Gasteiger partial charge on any atom is 0.337 e. The Hall–Kier alpha value is -3.54. The van der Waals surface area contributed by atoms with Crippen molar-refractivity contribution in [3.63, 3.8) is 0 Å². The summed E-state index contributed by atoms with van der Waals surface area (Å²) >= 11 is 0. The van der Waals surface area contributed by atoms with Gasteiger partial charge in [-0.3, -0.25) is 4.79 Å². The van der Waals surface area contributed by atoms with Crippen molar-refractivity contribution in [1.29, 1.82) is 0 Å². The molecule has 6 nitrogen and oxygen atoms in total. The van der Waals surface area contributed by atoms with Crippen LogP contribution in [0.15, 0.2) is 71.1 Å². The fourth-order valence-electron chi connectivity index (χ4n) is 4.93. The number of allylic oxidation sites excluding steroid dienone is 3. The van der Waals surface area contributed by atoms with Crippen LogP contribution in [0, 0.1) is 5.41 Å². The summed E-state index contributed by atoms with van der Waals surface area (Å²) in [4.78, 5) is 26.8. The van der Waals surface area contributed by atoms with E-state index in [1.54, 1.807) is 0 Å². The van der Waals surface area contributed by atoms with Crippen LogP contribution in [-0.4, -0.2) is 18.5 Å². The maximum absolute atomic E-state index is 13.4. The molecular formula is C27H27NO5. The molecule has 0 radical (unpaired) electrons. The van der Waals surface area contributed by atoms with Crippen LogP contribution in [0.1, 0.15) is 50.7 Å². The molecule has 0 saturated heterocycles. The van der Waals surface area contributed by atoms with E-state index in [1.165, 1.54) is 0 Å². The van der Waals surface area contributed by atoms with Gasteiger partial charge in [-0.2, -0.15) is 0 Å². The maximum atomic E-state index is 13.4. The number of Topliss-reactive ketones (excluding diaryl/α,β-unsaturated/α-hetero) is 1. The number of ketones is 1. The van der Waals surface area contributed by atoms with Crippen LogP contribution in [0.3, 0.4) is 0 Å². The summed E-state index contributed by atoms with van der Waals surface area (Å²) in [7, 11) is 0. The summed E-state index contributed by atoms with van der Waals surface area (Å²) in [6.07, 6.45) is 1.17. The zero-order valence-corrected chi connectivity index (χ0v) is 19.1. The Bertz CT molecular complexity index is 1190. The van der Waals surface area contributed by atoms with Gasteiger partial charge in [0.25, 0.3) is 0 Å². The largest absolute Gasteiger partial charge is 0.457 e. The van der Waals surface area contributed by atoms with Gasteiger partial charge < -0.3 is 19.5 Å². The number of dihydropyridines is 1. The van der Waals surface area contributed by atoms with Gasteiger partial charge in [0.15, 0.2) is 17.3 Å². The number of benzene rings is 2. The Morgan fingerprint density at radius 3 is 2.64 bits per heavy atom. The monoisotopic (exact) mass is 445 g/mol. The minimum Gasteiger partial charge on any atom is -0.457 e. The molecule has 0 saturated carbocycles. The fraction of sp³-hybridized carbons (Fsp3) is 0.333. The van der Waals surface area contributed by atoms with Gasteiger partial charge in [-0.15, -0.1) is 0 Å². The molecule has 0 fully saturated rings. The third-order valence-electron chi connectivity index (χ3n) is 6.40. The first kappa shape index (κ1) is 21.3. The topological polar surface area (TPSA) is 73.9 Å². The Balaban J connectivity index is 1.55. The molecule has 33 heavy (non-hydrogen) atoms. The number of rotatable bonds is 4. The average molecular weight is 446 g/mol. The summed E-state index contributed by atoms with van der Waals surface area (Å²) in [6, 6.07) is 15.2. The van der Waals surface area contributed by atoms with Crippen LogP contribution in [0.4, 0.5) is 0 Å². The van der Waals surface area contributed by atoms with Gasteiger partial charge in [0.2, 0.25) is 6.79 Å². The zero-order chi connectivity index (χ0) is 23.2. The van der Waals surface area contributed by atoms with Crippen molar-refractivity contribution in [3.8, 4) is 11.5 Å². The Labute approximate surface area is 193 Å². The third-order valence-corrected chi connectivity index (χ3v) is 6.40. The molecule has 5 rings (SSSR count). The summed E-state index contributed by atoms with van der Waals surface area (Å²) in [5.41, 5.74) is 4.27. The van der Waals surface area contributed by atoms with Gasteiger partial charge in [0, 0.05) is 29.3 Å². The van der Waals surface area contributed by atoms with Gasteiger partial charge in [-0.1, -0.05) is 50.2 Å². The second-order valence-corrected chi connectivity index (χ2v) is 9.60. The lowest BCUT2D eigenvalue weighted by Crippen LogP contribution is -2.38. The highest BCUT2D eigenvalue weighted by Crippen LogP contribution is 2.48. The molecule has 0 aromatic heterocycles. The van der Waals surface area contributed by atoms with Crippen LogP contribution in [0.2, 0.25) is 0 Å². The molecule has 1 aliphatic carbocycles. The summed E-state index contributed by atoms with van der Waals surface area (Å²) in [5.74, 6) is 0.369. The van der Waals surface area contributed by atoms with Gasteiger partial charge >= 0.3 is 5.97 Å². The molecule has 1 N–H and O–H groups in total. The summed E-state index contributed by atoms with van der Waals surface area (Å²) in [5, 5.41) is 3.37. The molecule has 170 valence electrons. The Morgan fingerprint density at radius 1 is 1.09 bits per heavy atom. The standard InChI is InChI=1S/C27H27NO5/c1-16-23(26(30)31-14-17-7-5-4-6-8-17)24(18-9-10-21-22(11-18)33-15-32-21)25-19(28-16)12-27(2,3)13-20(25)29/h4-11,24,28H,12-15H2,1-3H3/t24-/m0/s1. The molecule has 2 aromatic carbocycles. The van der Waals surface area contributed by atoms with E-state index in [9.17, 15) is 9.59 Å². The highest BCUT2D eigenvalue weighted by atomic mass is 16.7. The predicted octanol–water partition coefficient (Wildman–Crippen LogP) is 4.76. The van der Waals surface area contributed by atoms with Gasteiger partial charge in [-0.25, -0.2) is 4.79 Å². The molecule has 1 atom stereocenters. The van der Waals surface area contributed by atoms with Gasteiger partial charge in [0.1, 0.15) is 6.61 Å². The van der Waals surface area contributed by atoms with Crippen molar-refractivity contribution >= 4 is 11.8 Å². The second-order valence-electron chi connectivity index (χ2n) is 9.60. The minimum absolute atomic E-state index is 0.0530. The molecule has 6 heteroatoms. The lowest BCUT2D eigenvalue weighted by molar-refractivity contribution is -0.140. The third kappa shape index (κ3) is 4.01. The molecule has 0 unspecified atom stereocenters. The molecule has 2 aromatic rings. The Kier molecular flexibility index (Phi) is 5.23. The number of fused-ring (bicyclic) bond motifs is 1. The molecule has 2 heterocycles. The van der Waals surface area contributed by atoms with Gasteiger partial charge in [0.05, 0.1) is 5.57 Å². The van der Waals surface area contributed by atoms with E-state index < -0.39 is 11.9 Å². The first-order valence-corrected chi connectivity index (χ1v) is 11.2. The fourth-order valence-corrected chi connectivity index (χ4v) is 4.93. The van der Waals surface area contributed by atoms with Crippen LogP contribution < -0.4 is 14.8 Å². The molecule has 0 amide bonds. The smallest absolute Gasteiger partial charge is 0.337 e. The lowest BCUT2D eigenvalue weighted by atomic mass is 9.68. The quantitative estimate of drug-likeness (QED) is 0.684. The highest BCUT2D eigenvalue weighted by Gasteiger charge is 2.43. The zero-order valence-electron chi connectivity index (χ0n) is 19.1. The van der Waals surface area contributed by atoms with E-state index in [4.69, 9.17) is 14.2 Å². The first-order chi connectivity index (χ1) is 15.8. The molecule has 3 aliphatic rings. The van der Waals surface area contributed by atoms with Gasteiger partial charge in [-0.05, 0) is 42.0 Å². The van der Waals surface area contributed by atoms with Crippen molar-refractivity contribution in [2.24, 2.45) is 5.41 Å². The number of carbonyl (C=O) groups is 2. The number of nitrogens with one attached hydrogen (secondary N) is 1. The highest BCUT2D eigenvalue weighted by molar-refractivity contribution is 6.04. The van der Waals surface area contributed by atoms with E-state index >= 15 is 0 Å². The number of hydrogen-bond donors (Lipinski definition) is 1. The summed E-state index contributed by atoms with van der Waals surface area (Å²) < 4.78 is 16.8. The number of ether oxygens (including phenoxy) is 3. The van der Waals surface area contributed by atoms with E-state index in [0.29, 0.717) is 34.8 Å². The summed E-state index contributed by atoms with van der Waals surface area (Å²) in [6.45, 7) is 6.38. The lowest BCUT2D eigenvalue weighted by Gasteiger charge is -2.39. The van der Waals surface area contributed by atoms with Crippen molar-refractivity contribution in [3.05, 3.63) is 82.2 Å². The average Bonchev–Trinajstić information content (AvgIpc) is 3.24. The first-order valence-electron chi connectivity index (χ1n) is 11.2. The number of carbonyl (C=O) groups excluding carboxylic acids is 2. The van der Waals surface area contributed by atoms with Crippen molar-refractivity contribution in [1.82, 2.24) is 5.32 Å². The molecule has 0 spiro atoms. The van der Waals surface area contributed by atoms with Crippen molar-refractivity contribution in [2.75, 3.05) is 6.79 Å².